The molecule has 0 N–H and O–H groups in total. The lowest BCUT2D eigenvalue weighted by Gasteiger charge is -2.36. The van der Waals surface area contributed by atoms with Crippen molar-refractivity contribution in [1.29, 1.82) is 0 Å². The largest absolute Gasteiger partial charge is 0.360 e. The first-order valence-electron chi connectivity index (χ1n) is 9.24. The maximum Gasteiger partial charge on any atom is 0.360 e. The van der Waals surface area contributed by atoms with Crippen LogP contribution in [0.25, 0.3) is 0 Å². The Morgan fingerprint density at radius 3 is 1.78 bits per heavy atom. The molecule has 0 radical (unpaired) electrons. The van der Waals surface area contributed by atoms with Gasteiger partial charge in [0.05, 0.1) is 26.4 Å². The molecule has 0 unspecified atom stereocenters. The van der Waals surface area contributed by atoms with E-state index in [1.807, 2.05) is 18.2 Å². The molecule has 0 aliphatic heterocycles. The van der Waals surface area contributed by atoms with Crippen LogP contribution in [0.3, 0.4) is 0 Å². The van der Waals surface area contributed by atoms with E-state index in [1.54, 1.807) is 45.8 Å². The molecular weight excluding hydrogens is 390 g/mol. The van der Waals surface area contributed by atoms with Gasteiger partial charge in [-0.1, -0.05) is 6.07 Å². The van der Waals surface area contributed by atoms with Crippen LogP contribution in [0.5, 0.6) is 0 Å². The third kappa shape index (κ3) is 7.06. The topological polar surface area (TPSA) is 87.2 Å². The number of aromatic nitrogens is 1. The summed E-state index contributed by atoms with van der Waals surface area (Å²) in [7, 11) is -5.88. The van der Waals surface area contributed by atoms with E-state index in [-0.39, 0.29) is 26.4 Å². The van der Waals surface area contributed by atoms with Crippen molar-refractivity contribution in [2.45, 2.75) is 39.6 Å². The van der Waals surface area contributed by atoms with Crippen LogP contribution in [0, 0.1) is 0 Å². The minimum atomic E-state index is -3.80. The Balaban J connectivity index is 3.21. The van der Waals surface area contributed by atoms with Gasteiger partial charge in [-0.25, -0.2) is 0 Å². The van der Waals surface area contributed by atoms with Gasteiger partial charge in [0.25, 0.3) is 0 Å². The van der Waals surface area contributed by atoms with Crippen molar-refractivity contribution in [1.82, 2.24) is 9.88 Å². The minimum Gasteiger partial charge on any atom is -0.307 e. The zero-order chi connectivity index (χ0) is 20.3. The summed E-state index contributed by atoms with van der Waals surface area (Å²) in [4.78, 5) is 5.96. The summed E-state index contributed by atoms with van der Waals surface area (Å²) in [6.45, 7) is 7.88. The van der Waals surface area contributed by atoms with Gasteiger partial charge in [0.2, 0.25) is 5.52 Å². The Morgan fingerprint density at radius 1 is 0.926 bits per heavy atom. The van der Waals surface area contributed by atoms with Crippen LogP contribution in [-0.4, -0.2) is 55.4 Å². The predicted octanol–water partition coefficient (Wildman–Crippen LogP) is 4.37. The third-order valence-corrected chi connectivity index (χ3v) is 9.73. The van der Waals surface area contributed by atoms with Crippen LogP contribution in [0.2, 0.25) is 0 Å². The van der Waals surface area contributed by atoms with E-state index in [0.29, 0.717) is 13.0 Å². The summed E-state index contributed by atoms with van der Waals surface area (Å²) < 4.78 is 49.0. The molecule has 0 saturated carbocycles. The highest BCUT2D eigenvalue weighted by molar-refractivity contribution is 7.72. The Morgan fingerprint density at radius 2 is 1.41 bits per heavy atom. The molecule has 0 aromatic carbocycles. The van der Waals surface area contributed by atoms with Crippen molar-refractivity contribution in [2.24, 2.45) is 0 Å². The van der Waals surface area contributed by atoms with Gasteiger partial charge in [0, 0.05) is 24.9 Å². The van der Waals surface area contributed by atoms with Gasteiger partial charge in [-0.15, -0.1) is 0 Å². The summed E-state index contributed by atoms with van der Waals surface area (Å²) in [5.41, 5.74) is -0.290. The molecule has 0 saturated heterocycles. The number of pyridine rings is 1. The number of hydrogen-bond donors (Lipinski definition) is 0. The number of likely N-dealkylation sites (N-methyl/N-ethyl adjacent to an activating group) is 1. The standard InChI is InChI=1S/C17H32N2O6P2/c1-6-22-26(20,23-7-2)17(27(21,24-8-3)25-9-4)19(5)15-13-16-12-10-11-14-18-16/h10-12,14,17H,6-9,13,15H2,1-5H3. The number of rotatable bonds is 14. The second-order valence-corrected chi connectivity index (χ2v) is 10.2. The van der Waals surface area contributed by atoms with E-state index in [2.05, 4.69) is 4.98 Å². The Kier molecular flexibility index (Phi) is 10.9. The van der Waals surface area contributed by atoms with Gasteiger partial charge in [0.1, 0.15) is 0 Å². The molecule has 0 spiro atoms. The van der Waals surface area contributed by atoms with Crippen molar-refractivity contribution < 1.29 is 27.2 Å². The predicted molar refractivity (Wildman–Crippen MR) is 106 cm³/mol. The molecule has 10 heteroatoms. The highest BCUT2D eigenvalue weighted by atomic mass is 31.2. The Bertz CT molecular complexity index is 581. The monoisotopic (exact) mass is 422 g/mol. The molecule has 0 aliphatic rings. The van der Waals surface area contributed by atoms with Gasteiger partial charge in [-0.3, -0.25) is 19.0 Å². The molecule has 27 heavy (non-hydrogen) atoms. The second-order valence-electron chi connectivity index (χ2n) is 5.65. The van der Waals surface area contributed by atoms with E-state index in [4.69, 9.17) is 18.1 Å². The molecular formula is C17H32N2O6P2. The molecule has 1 rings (SSSR count). The fourth-order valence-electron chi connectivity index (χ4n) is 2.67. The van der Waals surface area contributed by atoms with Crippen molar-refractivity contribution in [3.63, 3.8) is 0 Å². The molecule has 0 fully saturated rings. The van der Waals surface area contributed by atoms with Gasteiger partial charge in [-0.2, -0.15) is 0 Å². The van der Waals surface area contributed by atoms with E-state index in [9.17, 15) is 9.13 Å². The number of hydrogen-bond acceptors (Lipinski definition) is 8. The first-order chi connectivity index (χ1) is 12.9. The summed E-state index contributed by atoms with van der Waals surface area (Å²) in [6, 6.07) is 5.64. The molecule has 0 amide bonds. The third-order valence-electron chi connectivity index (χ3n) is 3.64. The summed E-state index contributed by atoms with van der Waals surface area (Å²) in [6.07, 6.45) is 2.29. The SMILES string of the molecule is CCOP(=O)(OCC)C(N(C)CCc1ccccn1)P(=O)(OCC)OCC. The quantitative estimate of drug-likeness (QED) is 0.409. The van der Waals surface area contributed by atoms with E-state index in [0.717, 1.165) is 5.69 Å². The van der Waals surface area contributed by atoms with E-state index >= 15 is 0 Å². The molecule has 0 atom stereocenters. The van der Waals surface area contributed by atoms with Gasteiger partial charge >= 0.3 is 15.2 Å². The van der Waals surface area contributed by atoms with E-state index in [1.165, 1.54) is 0 Å². The van der Waals surface area contributed by atoms with Crippen LogP contribution >= 0.6 is 15.2 Å². The molecule has 1 aromatic heterocycles. The fraction of sp³-hybridized carbons (Fsp3) is 0.706. The van der Waals surface area contributed by atoms with Gasteiger partial charge in [-0.05, 0) is 46.9 Å². The second kappa shape index (κ2) is 12.1. The average molecular weight is 422 g/mol. The first kappa shape index (κ1) is 24.4. The molecule has 0 bridgehead atoms. The zero-order valence-corrected chi connectivity index (χ0v) is 18.7. The van der Waals surface area contributed by atoms with Crippen LogP contribution in [0.15, 0.2) is 24.4 Å². The van der Waals surface area contributed by atoms with Crippen molar-refractivity contribution >= 4 is 15.2 Å². The van der Waals surface area contributed by atoms with Crippen molar-refractivity contribution in [3.8, 4) is 0 Å². The van der Waals surface area contributed by atoms with Gasteiger partial charge < -0.3 is 18.1 Å². The van der Waals surface area contributed by atoms with Crippen molar-refractivity contribution in [2.75, 3.05) is 40.0 Å². The summed E-state index contributed by atoms with van der Waals surface area (Å²) in [5.74, 6) is 0. The maximum absolute atomic E-state index is 13.5. The lowest BCUT2D eigenvalue weighted by atomic mass is 10.3. The van der Waals surface area contributed by atoms with Crippen LogP contribution in [-0.2, 0) is 33.6 Å². The fourth-order valence-corrected chi connectivity index (χ4v) is 8.17. The highest BCUT2D eigenvalue weighted by Gasteiger charge is 2.53. The minimum absolute atomic E-state index is 0.153. The first-order valence-corrected chi connectivity index (χ1v) is 12.5. The smallest absolute Gasteiger partial charge is 0.307 e. The van der Waals surface area contributed by atoms with Crippen LogP contribution in [0.4, 0.5) is 0 Å². The van der Waals surface area contributed by atoms with Crippen molar-refractivity contribution in [3.05, 3.63) is 30.1 Å². The Hall–Kier alpha value is -0.590. The maximum atomic E-state index is 13.5. The van der Waals surface area contributed by atoms with Gasteiger partial charge in [0.15, 0.2) is 0 Å². The normalized spacial score (nSPS) is 12.9. The molecule has 156 valence electrons. The lowest BCUT2D eigenvalue weighted by molar-refractivity contribution is 0.163. The number of nitrogens with zero attached hydrogens (tertiary/aromatic N) is 2. The molecule has 1 heterocycles. The van der Waals surface area contributed by atoms with Crippen LogP contribution in [0.1, 0.15) is 33.4 Å². The van der Waals surface area contributed by atoms with Crippen LogP contribution < -0.4 is 0 Å². The molecule has 0 aliphatic carbocycles. The zero-order valence-electron chi connectivity index (χ0n) is 16.9. The summed E-state index contributed by atoms with van der Waals surface area (Å²) in [5, 5.41) is 0. The Labute approximate surface area is 162 Å². The highest BCUT2D eigenvalue weighted by Crippen LogP contribution is 2.71. The van der Waals surface area contributed by atoms with E-state index < -0.39 is 20.7 Å². The average Bonchev–Trinajstić information content (AvgIpc) is 2.61. The molecule has 1 aromatic rings. The lowest BCUT2D eigenvalue weighted by Crippen LogP contribution is -2.36. The summed E-state index contributed by atoms with van der Waals surface area (Å²) >= 11 is 0. The molecule has 8 nitrogen and oxygen atoms in total.